The van der Waals surface area contributed by atoms with Crippen LogP contribution in [0.4, 0.5) is 0 Å². The fourth-order valence-electron chi connectivity index (χ4n) is 2.52. The number of sulfonamides is 1. The number of fused-ring (bicyclic) bond motifs is 1. The van der Waals surface area contributed by atoms with Crippen molar-refractivity contribution in [3.05, 3.63) is 18.2 Å². The van der Waals surface area contributed by atoms with Crippen LogP contribution in [0.25, 0.3) is 11.0 Å². The monoisotopic (exact) mass is 310 g/mol. The fraction of sp³-hybridized carbons (Fsp3) is 0.538. The van der Waals surface area contributed by atoms with Gasteiger partial charge >= 0.3 is 0 Å². The van der Waals surface area contributed by atoms with Gasteiger partial charge in [0.25, 0.3) is 0 Å². The summed E-state index contributed by atoms with van der Waals surface area (Å²) in [5.74, 6) is 0. The van der Waals surface area contributed by atoms with Crippen LogP contribution in [0.5, 0.6) is 0 Å². The topological polar surface area (TPSA) is 77.3 Å². The Labute approximate surface area is 123 Å². The van der Waals surface area contributed by atoms with E-state index in [9.17, 15) is 8.42 Å². The first-order chi connectivity index (χ1) is 10.0. The number of hydrogen-bond acceptors (Lipinski definition) is 5. The standard InChI is InChI=1S/C13H18N4O3S/c1-3-10-9-17(7-8-20-10)21(18,19)12-6-4-5-11-13(12)15-16(2)14-11/h4-6,10H,3,7-9H2,1-2H3. The Hall–Kier alpha value is -1.51. The predicted molar refractivity (Wildman–Crippen MR) is 77.3 cm³/mol. The molecule has 1 aromatic heterocycles. The molecule has 114 valence electrons. The molecule has 1 saturated heterocycles. The molecule has 7 nitrogen and oxygen atoms in total. The molecule has 3 rings (SSSR count). The average molecular weight is 310 g/mol. The quantitative estimate of drug-likeness (QED) is 0.837. The second-order valence-corrected chi connectivity index (χ2v) is 6.98. The summed E-state index contributed by atoms with van der Waals surface area (Å²) in [7, 11) is -1.90. The molecule has 0 amide bonds. The van der Waals surface area contributed by atoms with Gasteiger partial charge in [-0.15, -0.1) is 0 Å². The minimum Gasteiger partial charge on any atom is -0.375 e. The third-order valence-electron chi connectivity index (χ3n) is 3.65. The van der Waals surface area contributed by atoms with Crippen molar-refractivity contribution in [1.82, 2.24) is 19.3 Å². The van der Waals surface area contributed by atoms with Gasteiger partial charge in [0, 0.05) is 20.1 Å². The number of rotatable bonds is 3. The highest BCUT2D eigenvalue weighted by atomic mass is 32.2. The largest absolute Gasteiger partial charge is 0.375 e. The lowest BCUT2D eigenvalue weighted by Crippen LogP contribution is -2.45. The SMILES string of the molecule is CCC1CN(S(=O)(=O)c2cccc3nn(C)nc23)CCO1. The van der Waals surface area contributed by atoms with Gasteiger partial charge in [-0.05, 0) is 18.6 Å². The van der Waals surface area contributed by atoms with E-state index in [0.717, 1.165) is 6.42 Å². The molecular weight excluding hydrogens is 292 g/mol. The molecule has 8 heteroatoms. The van der Waals surface area contributed by atoms with Crippen LogP contribution in [0, 0.1) is 0 Å². The van der Waals surface area contributed by atoms with Gasteiger partial charge in [0.1, 0.15) is 15.9 Å². The molecule has 0 bridgehead atoms. The average Bonchev–Trinajstić information content (AvgIpc) is 2.87. The maximum atomic E-state index is 12.9. The Bertz CT molecular complexity index is 756. The number of benzene rings is 1. The normalized spacial score (nSPS) is 21.0. The molecule has 21 heavy (non-hydrogen) atoms. The van der Waals surface area contributed by atoms with Crippen LogP contribution in [-0.2, 0) is 21.8 Å². The molecule has 1 aliphatic rings. The van der Waals surface area contributed by atoms with Gasteiger partial charge < -0.3 is 4.74 Å². The first-order valence-corrected chi connectivity index (χ1v) is 8.38. The maximum absolute atomic E-state index is 12.9. The molecule has 1 aromatic carbocycles. The van der Waals surface area contributed by atoms with Crippen molar-refractivity contribution < 1.29 is 13.2 Å². The molecule has 2 aromatic rings. The molecular formula is C13H18N4O3S. The van der Waals surface area contributed by atoms with E-state index in [1.165, 1.54) is 9.10 Å². The van der Waals surface area contributed by atoms with Gasteiger partial charge in [-0.2, -0.15) is 19.3 Å². The van der Waals surface area contributed by atoms with Gasteiger partial charge in [0.2, 0.25) is 10.0 Å². The van der Waals surface area contributed by atoms with Gasteiger partial charge in [-0.3, -0.25) is 0 Å². The smallest absolute Gasteiger partial charge is 0.245 e. The molecule has 0 aliphatic carbocycles. The second-order valence-electron chi connectivity index (χ2n) is 5.08. The summed E-state index contributed by atoms with van der Waals surface area (Å²) < 4.78 is 32.8. The van der Waals surface area contributed by atoms with Gasteiger partial charge in [-0.1, -0.05) is 13.0 Å². The van der Waals surface area contributed by atoms with E-state index in [-0.39, 0.29) is 11.0 Å². The van der Waals surface area contributed by atoms with Crippen LogP contribution < -0.4 is 0 Å². The molecule has 0 radical (unpaired) electrons. The van der Waals surface area contributed by atoms with E-state index >= 15 is 0 Å². The summed E-state index contributed by atoms with van der Waals surface area (Å²) >= 11 is 0. The molecule has 1 fully saturated rings. The van der Waals surface area contributed by atoms with E-state index in [0.29, 0.717) is 30.7 Å². The Morgan fingerprint density at radius 1 is 1.38 bits per heavy atom. The zero-order valence-corrected chi connectivity index (χ0v) is 12.9. The highest BCUT2D eigenvalue weighted by Gasteiger charge is 2.32. The van der Waals surface area contributed by atoms with Crippen LogP contribution in [0.15, 0.2) is 23.1 Å². The molecule has 0 spiro atoms. The first-order valence-electron chi connectivity index (χ1n) is 6.94. The lowest BCUT2D eigenvalue weighted by molar-refractivity contribution is -0.00276. The Kier molecular flexibility index (Phi) is 3.68. The van der Waals surface area contributed by atoms with Crippen LogP contribution >= 0.6 is 0 Å². The van der Waals surface area contributed by atoms with Crippen LogP contribution in [-0.4, -0.2) is 53.5 Å². The third kappa shape index (κ3) is 2.54. The lowest BCUT2D eigenvalue weighted by Gasteiger charge is -2.31. The minimum atomic E-state index is -3.58. The zero-order valence-electron chi connectivity index (χ0n) is 12.1. The summed E-state index contributed by atoms with van der Waals surface area (Å²) in [4.78, 5) is 1.60. The first kappa shape index (κ1) is 14.4. The van der Waals surface area contributed by atoms with Crippen LogP contribution in [0.2, 0.25) is 0 Å². The number of hydrogen-bond donors (Lipinski definition) is 0. The predicted octanol–water partition coefficient (Wildman–Crippen LogP) is 0.768. The highest BCUT2D eigenvalue weighted by molar-refractivity contribution is 7.89. The van der Waals surface area contributed by atoms with E-state index < -0.39 is 10.0 Å². The summed E-state index contributed by atoms with van der Waals surface area (Å²) in [6.45, 7) is 3.17. The number of ether oxygens (including phenoxy) is 1. The minimum absolute atomic E-state index is 0.0467. The van der Waals surface area contributed by atoms with E-state index in [1.54, 1.807) is 25.2 Å². The highest BCUT2D eigenvalue weighted by Crippen LogP contribution is 2.25. The summed E-state index contributed by atoms with van der Waals surface area (Å²) in [5, 5.41) is 8.34. The fourth-order valence-corrected chi connectivity index (χ4v) is 4.12. The number of nitrogens with zero attached hydrogens (tertiary/aromatic N) is 4. The Morgan fingerprint density at radius 2 is 2.19 bits per heavy atom. The molecule has 1 atom stereocenters. The van der Waals surface area contributed by atoms with Crippen molar-refractivity contribution in [3.8, 4) is 0 Å². The third-order valence-corrected chi connectivity index (χ3v) is 5.55. The van der Waals surface area contributed by atoms with E-state index in [1.807, 2.05) is 6.92 Å². The number of morpholine rings is 1. The lowest BCUT2D eigenvalue weighted by atomic mass is 10.2. The van der Waals surface area contributed by atoms with Gasteiger partial charge in [0.15, 0.2) is 0 Å². The van der Waals surface area contributed by atoms with Crippen molar-refractivity contribution >= 4 is 21.1 Å². The Morgan fingerprint density at radius 3 is 2.95 bits per heavy atom. The van der Waals surface area contributed by atoms with Crippen molar-refractivity contribution in [3.63, 3.8) is 0 Å². The molecule has 1 unspecified atom stereocenters. The van der Waals surface area contributed by atoms with Crippen molar-refractivity contribution in [2.45, 2.75) is 24.3 Å². The Balaban J connectivity index is 2.04. The zero-order chi connectivity index (χ0) is 15.0. The van der Waals surface area contributed by atoms with Gasteiger partial charge in [-0.25, -0.2) is 8.42 Å². The summed E-state index contributed by atoms with van der Waals surface area (Å²) in [5.41, 5.74) is 0.999. The van der Waals surface area contributed by atoms with Crippen molar-refractivity contribution in [2.24, 2.45) is 7.05 Å². The molecule has 2 heterocycles. The number of aromatic nitrogens is 3. The summed E-state index contributed by atoms with van der Waals surface area (Å²) in [6, 6.07) is 5.04. The molecule has 0 saturated carbocycles. The maximum Gasteiger partial charge on any atom is 0.245 e. The second kappa shape index (κ2) is 5.36. The van der Waals surface area contributed by atoms with Gasteiger partial charge in [0.05, 0.1) is 12.7 Å². The van der Waals surface area contributed by atoms with E-state index in [2.05, 4.69) is 10.2 Å². The van der Waals surface area contributed by atoms with E-state index in [4.69, 9.17) is 4.74 Å². The van der Waals surface area contributed by atoms with Crippen LogP contribution in [0.1, 0.15) is 13.3 Å². The van der Waals surface area contributed by atoms with Crippen molar-refractivity contribution in [2.75, 3.05) is 19.7 Å². The van der Waals surface area contributed by atoms with Crippen LogP contribution in [0.3, 0.4) is 0 Å². The molecule has 1 aliphatic heterocycles. The van der Waals surface area contributed by atoms with Crippen molar-refractivity contribution in [1.29, 1.82) is 0 Å². The molecule has 0 N–H and O–H groups in total. The number of aryl methyl sites for hydroxylation is 1. The summed E-state index contributed by atoms with van der Waals surface area (Å²) in [6.07, 6.45) is 0.746.